The molecule has 0 bridgehead atoms. The number of rotatable bonds is 8. The molecule has 0 aromatic carbocycles. The zero-order valence-corrected chi connectivity index (χ0v) is 8.09. The van der Waals surface area contributed by atoms with Gasteiger partial charge in [-0.15, -0.1) is 0 Å². The monoisotopic (exact) mass is 168 g/mol. The summed E-state index contributed by atoms with van der Waals surface area (Å²) in [5.41, 5.74) is 0. The average Bonchev–Trinajstić information content (AvgIpc) is 2.10. The molecule has 0 N–H and O–H groups in total. The van der Waals surface area contributed by atoms with Gasteiger partial charge in [-0.3, -0.25) is 0 Å². The summed E-state index contributed by atoms with van der Waals surface area (Å²) < 4.78 is 0. The molecule has 12 heavy (non-hydrogen) atoms. The van der Waals surface area contributed by atoms with E-state index in [1.54, 1.807) is 0 Å². The molecule has 0 aromatic rings. The van der Waals surface area contributed by atoms with E-state index < -0.39 is 0 Å². The highest BCUT2D eigenvalue weighted by Gasteiger charge is 1.84. The van der Waals surface area contributed by atoms with Gasteiger partial charge in [-0.1, -0.05) is 38.3 Å². The topological polar surface area (TPSA) is 17.1 Å². The van der Waals surface area contributed by atoms with Crippen LogP contribution in [-0.4, -0.2) is 6.29 Å². The average molecular weight is 168 g/mol. The van der Waals surface area contributed by atoms with E-state index in [-0.39, 0.29) is 0 Å². The highest BCUT2D eigenvalue weighted by atomic mass is 16.1. The second kappa shape index (κ2) is 10.4. The Labute approximate surface area is 75.9 Å². The lowest BCUT2D eigenvalue weighted by Crippen LogP contribution is -1.74. The molecule has 0 amide bonds. The first-order chi connectivity index (χ1) is 5.91. The van der Waals surface area contributed by atoms with Gasteiger partial charge in [-0.25, -0.2) is 0 Å². The van der Waals surface area contributed by atoms with Crippen LogP contribution >= 0.6 is 0 Å². The summed E-state index contributed by atoms with van der Waals surface area (Å²) in [7, 11) is 0. The molecule has 0 heterocycles. The van der Waals surface area contributed by atoms with Crippen LogP contribution in [0.25, 0.3) is 0 Å². The molecule has 0 aliphatic heterocycles. The van der Waals surface area contributed by atoms with Crippen molar-refractivity contribution >= 4 is 6.29 Å². The Morgan fingerprint density at radius 2 is 1.67 bits per heavy atom. The molecule has 0 atom stereocenters. The van der Waals surface area contributed by atoms with E-state index in [9.17, 15) is 4.79 Å². The molecule has 0 spiro atoms. The summed E-state index contributed by atoms with van der Waals surface area (Å²) in [5.74, 6) is 0. The van der Waals surface area contributed by atoms with Gasteiger partial charge in [0.15, 0.2) is 0 Å². The van der Waals surface area contributed by atoms with Crippen molar-refractivity contribution in [3.8, 4) is 0 Å². The first-order valence-corrected chi connectivity index (χ1v) is 5.00. The van der Waals surface area contributed by atoms with Crippen LogP contribution in [0.3, 0.4) is 0 Å². The smallest absolute Gasteiger partial charge is 0.120 e. The molecule has 0 aromatic heterocycles. The van der Waals surface area contributed by atoms with Crippen LogP contribution in [0.2, 0.25) is 0 Å². The minimum Gasteiger partial charge on any atom is -0.303 e. The Hall–Kier alpha value is -0.590. The molecular weight excluding hydrogens is 148 g/mol. The Morgan fingerprint density at radius 1 is 0.917 bits per heavy atom. The number of hydrogen-bond acceptors (Lipinski definition) is 1. The zero-order chi connectivity index (χ0) is 9.07. The molecule has 0 radical (unpaired) electrons. The summed E-state index contributed by atoms with van der Waals surface area (Å²) >= 11 is 0. The summed E-state index contributed by atoms with van der Waals surface area (Å²) in [6, 6.07) is 0. The molecule has 0 fully saturated rings. The van der Waals surface area contributed by atoms with Crippen LogP contribution in [0.5, 0.6) is 0 Å². The maximum absolute atomic E-state index is 9.95. The number of allylic oxidation sites excluding steroid dienone is 2. The number of carbonyl (C=O) groups excluding carboxylic acids is 1. The second-order valence-electron chi connectivity index (χ2n) is 3.06. The van der Waals surface area contributed by atoms with Gasteiger partial charge in [0.25, 0.3) is 0 Å². The van der Waals surface area contributed by atoms with E-state index in [0.29, 0.717) is 6.42 Å². The third-order valence-electron chi connectivity index (χ3n) is 1.84. The summed E-state index contributed by atoms with van der Waals surface area (Å²) in [6.45, 7) is 2.22. The quantitative estimate of drug-likeness (QED) is 0.308. The summed E-state index contributed by atoms with van der Waals surface area (Å²) in [4.78, 5) is 9.95. The molecule has 1 nitrogen and oxygen atoms in total. The lowest BCUT2D eigenvalue weighted by molar-refractivity contribution is -0.107. The number of hydrogen-bond donors (Lipinski definition) is 0. The maximum atomic E-state index is 9.95. The van der Waals surface area contributed by atoms with E-state index in [2.05, 4.69) is 19.1 Å². The maximum Gasteiger partial charge on any atom is 0.120 e. The second-order valence-corrected chi connectivity index (χ2v) is 3.06. The number of carbonyl (C=O) groups is 1. The number of unbranched alkanes of at least 4 members (excludes halogenated alkanes) is 5. The highest BCUT2D eigenvalue weighted by Crippen LogP contribution is 2.03. The van der Waals surface area contributed by atoms with Gasteiger partial charge >= 0.3 is 0 Å². The molecule has 0 rings (SSSR count). The Bertz CT molecular complexity index is 116. The molecule has 1 heteroatoms. The van der Waals surface area contributed by atoms with E-state index in [1.807, 2.05) is 0 Å². The molecule has 70 valence electrons. The van der Waals surface area contributed by atoms with Crippen molar-refractivity contribution in [2.75, 3.05) is 0 Å². The summed E-state index contributed by atoms with van der Waals surface area (Å²) in [6.07, 6.45) is 13.3. The van der Waals surface area contributed by atoms with Crippen LogP contribution in [0.1, 0.15) is 51.9 Å². The van der Waals surface area contributed by atoms with Gasteiger partial charge in [0.05, 0.1) is 0 Å². The van der Waals surface area contributed by atoms with Gasteiger partial charge in [-0.2, -0.15) is 0 Å². The lowest BCUT2D eigenvalue weighted by Gasteiger charge is -1.93. The molecule has 0 unspecified atom stereocenters. The van der Waals surface area contributed by atoms with E-state index in [0.717, 1.165) is 12.7 Å². The van der Waals surface area contributed by atoms with Crippen molar-refractivity contribution in [2.24, 2.45) is 0 Å². The minimum absolute atomic E-state index is 0.672. The van der Waals surface area contributed by atoms with Crippen molar-refractivity contribution in [3.05, 3.63) is 12.2 Å². The van der Waals surface area contributed by atoms with Crippen LogP contribution in [-0.2, 0) is 4.79 Å². The van der Waals surface area contributed by atoms with Crippen molar-refractivity contribution in [2.45, 2.75) is 51.9 Å². The molecule has 0 saturated heterocycles. The van der Waals surface area contributed by atoms with Gasteiger partial charge in [0, 0.05) is 6.42 Å². The fourth-order valence-electron chi connectivity index (χ4n) is 1.09. The van der Waals surface area contributed by atoms with E-state index >= 15 is 0 Å². The lowest BCUT2D eigenvalue weighted by atomic mass is 10.1. The highest BCUT2D eigenvalue weighted by molar-refractivity contribution is 5.49. The van der Waals surface area contributed by atoms with Crippen LogP contribution in [0, 0.1) is 0 Å². The van der Waals surface area contributed by atoms with E-state index in [4.69, 9.17) is 0 Å². The SMILES string of the molecule is CCCCCC/C=C/CCC=O. The van der Waals surface area contributed by atoms with Crippen LogP contribution < -0.4 is 0 Å². The first-order valence-electron chi connectivity index (χ1n) is 5.00. The van der Waals surface area contributed by atoms with Gasteiger partial charge in [-0.05, 0) is 19.3 Å². The fourth-order valence-corrected chi connectivity index (χ4v) is 1.09. The normalized spacial score (nSPS) is 10.8. The van der Waals surface area contributed by atoms with Crippen molar-refractivity contribution in [3.63, 3.8) is 0 Å². The first kappa shape index (κ1) is 11.4. The predicted molar refractivity (Wildman–Crippen MR) is 53.2 cm³/mol. The molecule has 0 aliphatic carbocycles. The molecule has 0 aliphatic rings. The van der Waals surface area contributed by atoms with Crippen LogP contribution in [0.15, 0.2) is 12.2 Å². The Kier molecular flexibility index (Phi) is 9.90. The molecule has 0 saturated carbocycles. The van der Waals surface area contributed by atoms with E-state index in [1.165, 1.54) is 32.1 Å². The van der Waals surface area contributed by atoms with Crippen molar-refractivity contribution < 1.29 is 4.79 Å². The fraction of sp³-hybridized carbons (Fsp3) is 0.727. The van der Waals surface area contributed by atoms with Crippen molar-refractivity contribution in [1.82, 2.24) is 0 Å². The Balaban J connectivity index is 2.97. The standard InChI is InChI=1S/C11H20O/c1-2-3-4-5-6-7-8-9-10-11-12/h7-8,11H,2-6,9-10H2,1H3/b8-7+. The zero-order valence-electron chi connectivity index (χ0n) is 8.09. The van der Waals surface area contributed by atoms with Crippen LogP contribution in [0.4, 0.5) is 0 Å². The Morgan fingerprint density at radius 3 is 2.33 bits per heavy atom. The third-order valence-corrected chi connectivity index (χ3v) is 1.84. The largest absolute Gasteiger partial charge is 0.303 e. The predicted octanol–water partition coefficient (Wildman–Crippen LogP) is 3.49. The summed E-state index contributed by atoms with van der Waals surface area (Å²) in [5, 5.41) is 0. The number of aldehydes is 1. The minimum atomic E-state index is 0.672. The molecular formula is C11H20O. The third kappa shape index (κ3) is 9.41. The van der Waals surface area contributed by atoms with Gasteiger partial charge < -0.3 is 4.79 Å². The van der Waals surface area contributed by atoms with Crippen molar-refractivity contribution in [1.29, 1.82) is 0 Å². The van der Waals surface area contributed by atoms with Gasteiger partial charge in [0.1, 0.15) is 6.29 Å². The van der Waals surface area contributed by atoms with Gasteiger partial charge in [0.2, 0.25) is 0 Å².